The molecule has 1 N–H and O–H groups in total. The van der Waals surface area contributed by atoms with E-state index in [1.807, 2.05) is 0 Å². The van der Waals surface area contributed by atoms with E-state index in [0.717, 1.165) is 0 Å². The first-order chi connectivity index (χ1) is 9.08. The van der Waals surface area contributed by atoms with Crippen molar-refractivity contribution in [1.82, 2.24) is 0 Å². The van der Waals surface area contributed by atoms with Gasteiger partial charge in [-0.3, -0.25) is 4.79 Å². The summed E-state index contributed by atoms with van der Waals surface area (Å²) in [5.74, 6) is 4.09. The zero-order valence-electron chi connectivity index (χ0n) is 10.7. The van der Waals surface area contributed by atoms with Crippen LogP contribution in [0.2, 0.25) is 0 Å². The molecule has 0 heterocycles. The van der Waals surface area contributed by atoms with Crippen LogP contribution in [0.5, 0.6) is 5.75 Å². The Hall–Kier alpha value is -2.48. The van der Waals surface area contributed by atoms with E-state index in [0.29, 0.717) is 12.2 Å². The van der Waals surface area contributed by atoms with Gasteiger partial charge in [0.15, 0.2) is 0 Å². The topological polar surface area (TPSA) is 72.8 Å². The fourth-order valence-corrected chi connectivity index (χ4v) is 1.32. The Bertz CT molecular complexity index is 537. The van der Waals surface area contributed by atoms with Gasteiger partial charge in [-0.25, -0.2) is 4.79 Å². The first kappa shape index (κ1) is 14.6. The van der Waals surface area contributed by atoms with Crippen molar-refractivity contribution < 1.29 is 24.2 Å². The average molecular weight is 262 g/mol. The van der Waals surface area contributed by atoms with Crippen LogP contribution in [-0.4, -0.2) is 30.8 Å². The van der Waals surface area contributed by atoms with Crippen LogP contribution in [0.15, 0.2) is 18.2 Å². The molecule has 0 aromatic heterocycles. The molecule has 5 nitrogen and oxygen atoms in total. The van der Waals surface area contributed by atoms with Crippen molar-refractivity contribution in [2.75, 3.05) is 13.7 Å². The number of hydrogen-bond acceptors (Lipinski definition) is 5. The third-order valence-electron chi connectivity index (χ3n) is 2.17. The summed E-state index contributed by atoms with van der Waals surface area (Å²) in [6.07, 6.45) is -0.0205. The minimum absolute atomic E-state index is 0.0205. The Morgan fingerprint density at radius 3 is 2.68 bits per heavy atom. The highest BCUT2D eigenvalue weighted by Gasteiger charge is 2.10. The molecule has 1 aromatic rings. The number of methoxy groups -OCH3 is 1. The Balaban J connectivity index is 2.77. The standard InChI is InChI=1S/C14H14O5/c1-3-19-13(16)6-4-5-10-7-8-11(12(15)9-10)14(17)18-2/h7-9,15H,3,6H2,1-2H3. The number of benzene rings is 1. The van der Waals surface area contributed by atoms with Crippen molar-refractivity contribution in [3.63, 3.8) is 0 Å². The van der Waals surface area contributed by atoms with Gasteiger partial charge in [0.25, 0.3) is 0 Å². The van der Waals surface area contributed by atoms with Crippen LogP contribution in [0.25, 0.3) is 0 Å². The van der Waals surface area contributed by atoms with Gasteiger partial charge in [0.2, 0.25) is 0 Å². The van der Waals surface area contributed by atoms with Crippen LogP contribution in [0.4, 0.5) is 0 Å². The number of phenolic OH excluding ortho intramolecular Hbond substituents is 1. The second-order valence-corrected chi connectivity index (χ2v) is 3.51. The van der Waals surface area contributed by atoms with Gasteiger partial charge < -0.3 is 14.6 Å². The molecule has 0 aliphatic heterocycles. The van der Waals surface area contributed by atoms with Crippen molar-refractivity contribution in [1.29, 1.82) is 0 Å². The molecule has 0 amide bonds. The number of carbonyl (C=O) groups is 2. The molecule has 0 fully saturated rings. The SMILES string of the molecule is CCOC(=O)CC#Cc1ccc(C(=O)OC)c(O)c1. The lowest BCUT2D eigenvalue weighted by atomic mass is 10.1. The Labute approximate surface area is 111 Å². The van der Waals surface area contributed by atoms with E-state index < -0.39 is 11.9 Å². The molecule has 0 aliphatic rings. The van der Waals surface area contributed by atoms with Gasteiger partial charge in [0.1, 0.15) is 17.7 Å². The number of carbonyl (C=O) groups excluding carboxylic acids is 2. The predicted molar refractivity (Wildman–Crippen MR) is 67.6 cm³/mol. The van der Waals surface area contributed by atoms with Crippen LogP contribution in [0.1, 0.15) is 29.3 Å². The lowest BCUT2D eigenvalue weighted by Crippen LogP contribution is -2.02. The molecule has 0 saturated heterocycles. The number of rotatable bonds is 3. The third-order valence-corrected chi connectivity index (χ3v) is 2.17. The maximum Gasteiger partial charge on any atom is 0.341 e. The fraction of sp³-hybridized carbons (Fsp3) is 0.286. The lowest BCUT2D eigenvalue weighted by molar-refractivity contribution is -0.141. The molecule has 1 rings (SSSR count). The largest absolute Gasteiger partial charge is 0.507 e. The molecule has 1 aromatic carbocycles. The molecular weight excluding hydrogens is 248 g/mol. The molecule has 0 bridgehead atoms. The van der Waals surface area contributed by atoms with E-state index in [4.69, 9.17) is 4.74 Å². The van der Waals surface area contributed by atoms with Crippen molar-refractivity contribution in [3.8, 4) is 17.6 Å². The van der Waals surface area contributed by atoms with Crippen molar-refractivity contribution in [2.45, 2.75) is 13.3 Å². The number of hydrogen-bond donors (Lipinski definition) is 1. The molecule has 100 valence electrons. The fourth-order valence-electron chi connectivity index (χ4n) is 1.32. The second kappa shape index (κ2) is 7.07. The van der Waals surface area contributed by atoms with Gasteiger partial charge >= 0.3 is 11.9 Å². The summed E-state index contributed by atoms with van der Waals surface area (Å²) >= 11 is 0. The number of phenols is 1. The maximum atomic E-state index is 11.2. The highest BCUT2D eigenvalue weighted by atomic mass is 16.5. The minimum Gasteiger partial charge on any atom is -0.507 e. The van der Waals surface area contributed by atoms with Crippen molar-refractivity contribution >= 4 is 11.9 Å². The normalized spacial score (nSPS) is 9.16. The van der Waals surface area contributed by atoms with E-state index in [1.165, 1.54) is 19.2 Å². The summed E-state index contributed by atoms with van der Waals surface area (Å²) in [7, 11) is 1.23. The van der Waals surface area contributed by atoms with E-state index in [1.54, 1.807) is 13.0 Å². The van der Waals surface area contributed by atoms with Crippen LogP contribution in [0.3, 0.4) is 0 Å². The summed E-state index contributed by atoms with van der Waals surface area (Å²) < 4.78 is 9.22. The number of esters is 2. The summed E-state index contributed by atoms with van der Waals surface area (Å²) in [4.78, 5) is 22.3. The van der Waals surface area contributed by atoms with E-state index in [2.05, 4.69) is 16.6 Å². The highest BCUT2D eigenvalue weighted by molar-refractivity contribution is 5.92. The Morgan fingerprint density at radius 1 is 1.37 bits per heavy atom. The van der Waals surface area contributed by atoms with Crippen LogP contribution < -0.4 is 0 Å². The molecule has 0 atom stereocenters. The van der Waals surface area contributed by atoms with Gasteiger partial charge in [-0.2, -0.15) is 0 Å². The predicted octanol–water partition coefficient (Wildman–Crippen LogP) is 1.48. The number of aromatic hydroxyl groups is 1. The maximum absolute atomic E-state index is 11.2. The van der Waals surface area contributed by atoms with Crippen LogP contribution in [-0.2, 0) is 14.3 Å². The smallest absolute Gasteiger partial charge is 0.341 e. The Kier molecular flexibility index (Phi) is 5.42. The zero-order valence-corrected chi connectivity index (χ0v) is 10.7. The lowest BCUT2D eigenvalue weighted by Gasteiger charge is -2.02. The minimum atomic E-state index is -0.622. The average Bonchev–Trinajstić information content (AvgIpc) is 2.38. The van der Waals surface area contributed by atoms with E-state index >= 15 is 0 Å². The van der Waals surface area contributed by atoms with Gasteiger partial charge in [-0.1, -0.05) is 11.8 Å². The molecule has 0 saturated carbocycles. The van der Waals surface area contributed by atoms with Gasteiger partial charge in [-0.05, 0) is 25.1 Å². The van der Waals surface area contributed by atoms with E-state index in [9.17, 15) is 14.7 Å². The Morgan fingerprint density at radius 2 is 2.11 bits per heavy atom. The molecule has 5 heteroatoms. The summed E-state index contributed by atoms with van der Waals surface area (Å²) in [5, 5.41) is 9.63. The van der Waals surface area contributed by atoms with Crippen molar-refractivity contribution in [2.24, 2.45) is 0 Å². The van der Waals surface area contributed by atoms with Crippen LogP contribution >= 0.6 is 0 Å². The number of ether oxygens (including phenoxy) is 2. The molecule has 19 heavy (non-hydrogen) atoms. The van der Waals surface area contributed by atoms with Crippen LogP contribution in [0, 0.1) is 11.8 Å². The van der Waals surface area contributed by atoms with Crippen molar-refractivity contribution in [3.05, 3.63) is 29.3 Å². The zero-order chi connectivity index (χ0) is 14.3. The van der Waals surface area contributed by atoms with Gasteiger partial charge in [0.05, 0.1) is 13.7 Å². The first-order valence-electron chi connectivity index (χ1n) is 5.64. The molecular formula is C14H14O5. The van der Waals surface area contributed by atoms with E-state index in [-0.39, 0.29) is 17.7 Å². The summed E-state index contributed by atoms with van der Waals surface area (Å²) in [6.45, 7) is 2.03. The van der Waals surface area contributed by atoms with Gasteiger partial charge in [0, 0.05) is 5.56 Å². The molecule has 0 aliphatic carbocycles. The monoisotopic (exact) mass is 262 g/mol. The third kappa shape index (κ3) is 4.36. The summed E-state index contributed by atoms with van der Waals surface area (Å²) in [6, 6.07) is 4.31. The quantitative estimate of drug-likeness (QED) is 0.660. The highest BCUT2D eigenvalue weighted by Crippen LogP contribution is 2.19. The molecule has 0 spiro atoms. The first-order valence-corrected chi connectivity index (χ1v) is 5.64. The molecule has 0 radical (unpaired) electrons. The van der Waals surface area contributed by atoms with Gasteiger partial charge in [-0.15, -0.1) is 0 Å². The molecule has 0 unspecified atom stereocenters. The second-order valence-electron chi connectivity index (χ2n) is 3.51. The summed E-state index contributed by atoms with van der Waals surface area (Å²) in [5.41, 5.74) is 0.563.